The zero-order chi connectivity index (χ0) is 23.5. The molecule has 3 heterocycles. The number of nitrogens with one attached hydrogen (secondary N) is 1. The summed E-state index contributed by atoms with van der Waals surface area (Å²) in [5, 5.41) is 10.6. The highest BCUT2D eigenvalue weighted by Gasteiger charge is 2.18. The van der Waals surface area contributed by atoms with E-state index in [9.17, 15) is 4.79 Å². The van der Waals surface area contributed by atoms with Gasteiger partial charge in [0.05, 0.1) is 17.9 Å². The van der Waals surface area contributed by atoms with Crippen LogP contribution in [-0.4, -0.2) is 33.8 Å². The number of aromatic nitrogens is 3. The second kappa shape index (κ2) is 13.0. The Morgan fingerprint density at radius 1 is 1.03 bits per heavy atom. The smallest absolute Gasteiger partial charge is 0.273 e. The van der Waals surface area contributed by atoms with Crippen LogP contribution in [-0.2, 0) is 6.54 Å². The van der Waals surface area contributed by atoms with Crippen molar-refractivity contribution >= 4 is 28.1 Å². The molecule has 174 valence electrons. The number of piperidine rings is 1. The highest BCUT2D eigenvalue weighted by molar-refractivity contribution is 7.13. The summed E-state index contributed by atoms with van der Waals surface area (Å²) in [6.07, 6.45) is 3.77. The number of nitrogens with zero attached hydrogens (tertiary/aromatic N) is 4. The molecule has 1 aliphatic heterocycles. The van der Waals surface area contributed by atoms with Gasteiger partial charge in [-0.05, 0) is 51.3 Å². The molecule has 0 atom stereocenters. The third-order valence-electron chi connectivity index (χ3n) is 4.92. The number of carbonyl (C=O) groups is 1. The third-order valence-corrected chi connectivity index (χ3v) is 5.87. The van der Waals surface area contributed by atoms with E-state index in [2.05, 4.69) is 20.7 Å². The molecule has 3 aromatic rings. The van der Waals surface area contributed by atoms with Crippen LogP contribution in [0.2, 0.25) is 0 Å². The lowest BCUT2D eigenvalue weighted by molar-refractivity contribution is 0.101. The molecule has 1 N–H and O–H groups in total. The fourth-order valence-corrected chi connectivity index (χ4v) is 4.30. The topological polar surface area (TPSA) is 63.1 Å². The van der Waals surface area contributed by atoms with Gasteiger partial charge in [-0.1, -0.05) is 45.4 Å². The number of benzene rings is 1. The largest absolute Gasteiger partial charge is 0.348 e. The van der Waals surface area contributed by atoms with E-state index in [-0.39, 0.29) is 5.91 Å². The summed E-state index contributed by atoms with van der Waals surface area (Å²) in [6, 6.07) is 9.60. The summed E-state index contributed by atoms with van der Waals surface area (Å²) in [5.41, 5.74) is 4.25. The SMILES string of the molecule is CC.CC.Cc1ccc(NC(=O)c2cc(C)nn2Cc2csc(N3CCCCC3)n2)cc1. The van der Waals surface area contributed by atoms with Crippen molar-refractivity contribution in [2.45, 2.75) is 67.3 Å². The maximum Gasteiger partial charge on any atom is 0.273 e. The molecular formula is C25H37N5OS. The first kappa shape index (κ1) is 25.6. The molecule has 6 nitrogen and oxygen atoms in total. The Hall–Kier alpha value is -2.67. The van der Waals surface area contributed by atoms with Crippen LogP contribution < -0.4 is 10.2 Å². The van der Waals surface area contributed by atoms with Gasteiger partial charge in [0.2, 0.25) is 0 Å². The minimum Gasteiger partial charge on any atom is -0.348 e. The number of rotatable bonds is 5. The van der Waals surface area contributed by atoms with Crippen molar-refractivity contribution in [3.63, 3.8) is 0 Å². The lowest BCUT2D eigenvalue weighted by Crippen LogP contribution is -2.29. The third kappa shape index (κ3) is 6.92. The molecule has 32 heavy (non-hydrogen) atoms. The van der Waals surface area contributed by atoms with Gasteiger partial charge >= 0.3 is 0 Å². The van der Waals surface area contributed by atoms with Crippen LogP contribution in [0.4, 0.5) is 10.8 Å². The van der Waals surface area contributed by atoms with Gasteiger partial charge in [0.25, 0.3) is 5.91 Å². The van der Waals surface area contributed by atoms with E-state index in [1.165, 1.54) is 19.3 Å². The standard InChI is InChI=1S/C21H25N5OS.2C2H6/c1-15-6-8-17(9-7-15)22-20(27)19-12-16(2)24-26(19)13-18-14-28-21(23-18)25-10-4-3-5-11-25;2*1-2/h6-9,12,14H,3-5,10-11,13H2,1-2H3,(H,22,27);2*1-2H3. The lowest BCUT2D eigenvalue weighted by atomic mass is 10.1. The zero-order valence-corrected chi connectivity index (χ0v) is 21.1. The molecule has 4 rings (SSSR count). The van der Waals surface area contributed by atoms with Crippen molar-refractivity contribution in [2.75, 3.05) is 23.3 Å². The zero-order valence-electron chi connectivity index (χ0n) is 20.3. The summed E-state index contributed by atoms with van der Waals surface area (Å²) >= 11 is 1.67. The van der Waals surface area contributed by atoms with Crippen LogP contribution in [0.15, 0.2) is 35.7 Å². The monoisotopic (exact) mass is 455 g/mol. The summed E-state index contributed by atoms with van der Waals surface area (Å²) in [6.45, 7) is 14.6. The van der Waals surface area contributed by atoms with Crippen molar-refractivity contribution in [1.82, 2.24) is 14.8 Å². The molecule has 0 aliphatic carbocycles. The molecule has 7 heteroatoms. The first-order chi connectivity index (χ1) is 15.6. The highest BCUT2D eigenvalue weighted by atomic mass is 32.1. The summed E-state index contributed by atoms with van der Waals surface area (Å²) in [5.74, 6) is -0.157. The Bertz CT molecular complexity index is 955. The van der Waals surface area contributed by atoms with Gasteiger partial charge in [-0.2, -0.15) is 5.10 Å². The Labute approximate surface area is 196 Å². The van der Waals surface area contributed by atoms with Gasteiger partial charge in [-0.15, -0.1) is 11.3 Å². The van der Waals surface area contributed by atoms with Gasteiger partial charge in [0, 0.05) is 24.2 Å². The van der Waals surface area contributed by atoms with Crippen LogP contribution in [0.5, 0.6) is 0 Å². The number of thiazole rings is 1. The highest BCUT2D eigenvalue weighted by Crippen LogP contribution is 2.24. The molecule has 1 aromatic carbocycles. The van der Waals surface area contributed by atoms with E-state index in [1.54, 1.807) is 16.0 Å². The van der Waals surface area contributed by atoms with E-state index in [0.29, 0.717) is 12.2 Å². The molecule has 2 aromatic heterocycles. The summed E-state index contributed by atoms with van der Waals surface area (Å²) < 4.78 is 1.74. The van der Waals surface area contributed by atoms with Gasteiger partial charge in [-0.3, -0.25) is 9.48 Å². The van der Waals surface area contributed by atoms with Gasteiger partial charge in [0.15, 0.2) is 5.13 Å². The maximum absolute atomic E-state index is 12.8. The van der Waals surface area contributed by atoms with Crippen molar-refractivity contribution < 1.29 is 4.79 Å². The minimum atomic E-state index is -0.157. The first-order valence-corrected chi connectivity index (χ1v) is 12.6. The number of anilines is 2. The number of carbonyl (C=O) groups excluding carboxylic acids is 1. The average molecular weight is 456 g/mol. The molecule has 0 bridgehead atoms. The predicted octanol–water partition coefficient (Wildman–Crippen LogP) is 6.30. The van der Waals surface area contributed by atoms with Crippen LogP contribution in [0.3, 0.4) is 0 Å². The molecule has 1 fully saturated rings. The average Bonchev–Trinajstić information content (AvgIpc) is 3.45. The quantitative estimate of drug-likeness (QED) is 0.490. The summed E-state index contributed by atoms with van der Waals surface area (Å²) in [7, 11) is 0. The maximum atomic E-state index is 12.8. The van der Waals surface area contributed by atoms with Crippen LogP contribution in [0, 0.1) is 13.8 Å². The molecule has 1 saturated heterocycles. The van der Waals surface area contributed by atoms with Crippen molar-refractivity contribution in [1.29, 1.82) is 0 Å². The van der Waals surface area contributed by atoms with Gasteiger partial charge in [0.1, 0.15) is 5.69 Å². The Kier molecular flexibility index (Phi) is 10.4. The van der Waals surface area contributed by atoms with E-state index < -0.39 is 0 Å². The number of hydrogen-bond acceptors (Lipinski definition) is 5. The van der Waals surface area contributed by atoms with Crippen LogP contribution in [0.1, 0.15) is 74.4 Å². The second-order valence-corrected chi connectivity index (χ2v) is 8.15. The Balaban J connectivity index is 0.000000860. The van der Waals surface area contributed by atoms with E-state index in [0.717, 1.165) is 40.9 Å². The predicted molar refractivity (Wildman–Crippen MR) is 136 cm³/mol. The lowest BCUT2D eigenvalue weighted by Gasteiger charge is -2.25. The van der Waals surface area contributed by atoms with Gasteiger partial charge < -0.3 is 10.2 Å². The van der Waals surface area contributed by atoms with E-state index in [4.69, 9.17) is 4.98 Å². The molecule has 0 unspecified atom stereocenters. The van der Waals surface area contributed by atoms with E-state index >= 15 is 0 Å². The molecule has 0 saturated carbocycles. The van der Waals surface area contributed by atoms with E-state index in [1.807, 2.05) is 71.9 Å². The second-order valence-electron chi connectivity index (χ2n) is 7.32. The number of hydrogen-bond donors (Lipinski definition) is 1. The number of aryl methyl sites for hydroxylation is 2. The molecule has 1 aliphatic rings. The Morgan fingerprint density at radius 3 is 2.34 bits per heavy atom. The summed E-state index contributed by atoms with van der Waals surface area (Å²) in [4.78, 5) is 19.9. The van der Waals surface area contributed by atoms with Crippen molar-refractivity contribution in [3.05, 3.63) is 58.4 Å². The molecule has 1 amide bonds. The van der Waals surface area contributed by atoms with Crippen LogP contribution >= 0.6 is 11.3 Å². The van der Waals surface area contributed by atoms with Crippen molar-refractivity contribution in [3.8, 4) is 0 Å². The normalized spacial score (nSPS) is 12.9. The van der Waals surface area contributed by atoms with Crippen molar-refractivity contribution in [2.24, 2.45) is 0 Å². The van der Waals surface area contributed by atoms with Gasteiger partial charge in [-0.25, -0.2) is 4.98 Å². The first-order valence-electron chi connectivity index (χ1n) is 11.7. The fourth-order valence-electron chi connectivity index (χ4n) is 3.43. The minimum absolute atomic E-state index is 0.157. The molecule has 0 radical (unpaired) electrons. The van der Waals surface area contributed by atoms with Crippen LogP contribution in [0.25, 0.3) is 0 Å². The molecular weight excluding hydrogens is 418 g/mol. The fraction of sp³-hybridized carbons (Fsp3) is 0.480. The molecule has 0 spiro atoms. The Morgan fingerprint density at radius 2 is 1.69 bits per heavy atom. The number of amides is 1.